The molecule has 1 saturated heterocycles. The molecule has 1 aromatic heterocycles. The molecule has 0 bridgehead atoms. The van der Waals surface area contributed by atoms with E-state index in [1.165, 1.54) is 0 Å². The molecule has 0 spiro atoms. The Morgan fingerprint density at radius 1 is 1.47 bits per heavy atom. The smallest absolute Gasteiger partial charge is 0.249 e. The van der Waals surface area contributed by atoms with Gasteiger partial charge in [0, 0.05) is 23.5 Å². The van der Waals surface area contributed by atoms with Gasteiger partial charge in [0.05, 0.1) is 0 Å². The standard InChI is InChI=1S/C12H15NOS/c1-10(9-11-5-4-8-15-11)12(14)13-6-2-3-7-13/h4-5,8-9H,2-3,6-7H2,1H3/b10-9+. The maximum absolute atomic E-state index is 11.9. The molecule has 15 heavy (non-hydrogen) atoms. The Morgan fingerprint density at radius 2 is 2.20 bits per heavy atom. The number of carbonyl (C=O) groups excluding carboxylic acids is 1. The van der Waals surface area contributed by atoms with Crippen LogP contribution >= 0.6 is 11.3 Å². The largest absolute Gasteiger partial charge is 0.339 e. The highest BCUT2D eigenvalue weighted by molar-refractivity contribution is 7.10. The van der Waals surface area contributed by atoms with Gasteiger partial charge in [-0.25, -0.2) is 0 Å². The van der Waals surface area contributed by atoms with Crippen LogP contribution in [0.2, 0.25) is 0 Å². The number of likely N-dealkylation sites (tertiary alicyclic amines) is 1. The zero-order valence-corrected chi connectivity index (χ0v) is 9.72. The second-order valence-corrected chi connectivity index (χ2v) is 4.82. The number of amides is 1. The fraction of sp³-hybridized carbons (Fsp3) is 0.417. The molecule has 2 heterocycles. The Bertz CT molecular complexity index is 361. The van der Waals surface area contributed by atoms with E-state index in [1.54, 1.807) is 11.3 Å². The van der Waals surface area contributed by atoms with Gasteiger partial charge in [0.2, 0.25) is 5.91 Å². The summed E-state index contributed by atoms with van der Waals surface area (Å²) >= 11 is 1.66. The van der Waals surface area contributed by atoms with E-state index in [4.69, 9.17) is 0 Å². The Labute approximate surface area is 94.2 Å². The Balaban J connectivity index is 2.06. The Kier molecular flexibility index (Phi) is 3.21. The molecular formula is C12H15NOS. The molecule has 0 aliphatic carbocycles. The summed E-state index contributed by atoms with van der Waals surface area (Å²) < 4.78 is 0. The van der Waals surface area contributed by atoms with Gasteiger partial charge in [0.1, 0.15) is 0 Å². The van der Waals surface area contributed by atoms with Crippen LogP contribution in [0.5, 0.6) is 0 Å². The van der Waals surface area contributed by atoms with Crippen LogP contribution in [-0.4, -0.2) is 23.9 Å². The van der Waals surface area contributed by atoms with Crippen molar-refractivity contribution in [3.8, 4) is 0 Å². The molecule has 0 unspecified atom stereocenters. The van der Waals surface area contributed by atoms with Gasteiger partial charge in [0.25, 0.3) is 0 Å². The minimum Gasteiger partial charge on any atom is -0.339 e. The Hall–Kier alpha value is -1.09. The first-order valence-corrected chi connectivity index (χ1v) is 6.16. The molecule has 0 N–H and O–H groups in total. The first-order chi connectivity index (χ1) is 7.27. The molecule has 0 radical (unpaired) electrons. The van der Waals surface area contributed by atoms with Gasteiger partial charge in [-0.15, -0.1) is 11.3 Å². The monoisotopic (exact) mass is 221 g/mol. The summed E-state index contributed by atoms with van der Waals surface area (Å²) in [4.78, 5) is 15.0. The van der Waals surface area contributed by atoms with Gasteiger partial charge in [0.15, 0.2) is 0 Å². The number of nitrogens with zero attached hydrogens (tertiary/aromatic N) is 1. The maximum atomic E-state index is 11.9. The first-order valence-electron chi connectivity index (χ1n) is 5.28. The summed E-state index contributed by atoms with van der Waals surface area (Å²) in [7, 11) is 0. The van der Waals surface area contributed by atoms with Gasteiger partial charge in [-0.1, -0.05) is 6.07 Å². The van der Waals surface area contributed by atoms with Crippen molar-refractivity contribution in [3.05, 3.63) is 28.0 Å². The minimum atomic E-state index is 0.195. The first kappa shape index (κ1) is 10.4. The normalized spacial score (nSPS) is 17.1. The van der Waals surface area contributed by atoms with E-state index in [0.29, 0.717) is 0 Å². The van der Waals surface area contributed by atoms with Crippen molar-refractivity contribution >= 4 is 23.3 Å². The summed E-state index contributed by atoms with van der Waals surface area (Å²) in [5.74, 6) is 0.195. The minimum absolute atomic E-state index is 0.195. The molecule has 1 aliphatic heterocycles. The SMILES string of the molecule is C/C(=C\c1cccs1)C(=O)N1CCCC1. The van der Waals surface area contributed by atoms with Gasteiger partial charge in [-0.05, 0) is 37.3 Å². The molecule has 1 aliphatic rings. The second-order valence-electron chi connectivity index (χ2n) is 3.84. The zero-order valence-electron chi connectivity index (χ0n) is 8.90. The van der Waals surface area contributed by atoms with Crippen molar-refractivity contribution in [1.29, 1.82) is 0 Å². The van der Waals surface area contributed by atoms with Gasteiger partial charge >= 0.3 is 0 Å². The van der Waals surface area contributed by atoms with Crippen LogP contribution in [0.25, 0.3) is 6.08 Å². The number of hydrogen-bond donors (Lipinski definition) is 0. The summed E-state index contributed by atoms with van der Waals surface area (Å²) in [5.41, 5.74) is 0.847. The molecule has 0 atom stereocenters. The van der Waals surface area contributed by atoms with E-state index >= 15 is 0 Å². The van der Waals surface area contributed by atoms with Crippen molar-refractivity contribution < 1.29 is 4.79 Å². The second kappa shape index (κ2) is 4.62. The van der Waals surface area contributed by atoms with Crippen molar-refractivity contribution in [2.45, 2.75) is 19.8 Å². The van der Waals surface area contributed by atoms with Crippen molar-refractivity contribution in [2.24, 2.45) is 0 Å². The topological polar surface area (TPSA) is 20.3 Å². The fourth-order valence-electron chi connectivity index (χ4n) is 1.82. The molecular weight excluding hydrogens is 206 g/mol. The van der Waals surface area contributed by atoms with E-state index in [0.717, 1.165) is 36.4 Å². The molecule has 0 aromatic carbocycles. The lowest BCUT2D eigenvalue weighted by molar-refractivity contribution is -0.125. The summed E-state index contributed by atoms with van der Waals surface area (Å²) in [6.45, 7) is 3.75. The fourth-order valence-corrected chi connectivity index (χ4v) is 2.53. The molecule has 1 fully saturated rings. The van der Waals surface area contributed by atoms with Crippen molar-refractivity contribution in [2.75, 3.05) is 13.1 Å². The van der Waals surface area contributed by atoms with Crippen LogP contribution in [0.4, 0.5) is 0 Å². The lowest BCUT2D eigenvalue weighted by Crippen LogP contribution is -2.28. The van der Waals surface area contributed by atoms with Gasteiger partial charge in [-0.3, -0.25) is 4.79 Å². The third-order valence-corrected chi connectivity index (χ3v) is 3.45. The number of hydrogen-bond acceptors (Lipinski definition) is 2. The third-order valence-electron chi connectivity index (χ3n) is 2.63. The molecule has 0 saturated carbocycles. The van der Waals surface area contributed by atoms with Crippen LogP contribution in [-0.2, 0) is 4.79 Å². The van der Waals surface area contributed by atoms with Crippen LogP contribution in [0.3, 0.4) is 0 Å². The van der Waals surface area contributed by atoms with Crippen LogP contribution < -0.4 is 0 Å². The summed E-state index contributed by atoms with van der Waals surface area (Å²) in [5, 5.41) is 2.03. The Morgan fingerprint density at radius 3 is 2.80 bits per heavy atom. The average molecular weight is 221 g/mol. The number of thiophene rings is 1. The molecule has 1 amide bonds. The van der Waals surface area contributed by atoms with Gasteiger partial charge < -0.3 is 4.90 Å². The van der Waals surface area contributed by atoms with E-state index in [1.807, 2.05) is 35.4 Å². The zero-order chi connectivity index (χ0) is 10.7. The molecule has 80 valence electrons. The van der Waals surface area contributed by atoms with E-state index in [-0.39, 0.29) is 5.91 Å². The predicted octanol–water partition coefficient (Wildman–Crippen LogP) is 2.77. The average Bonchev–Trinajstić information content (AvgIpc) is 2.88. The van der Waals surface area contributed by atoms with Crippen LogP contribution in [0.1, 0.15) is 24.6 Å². The highest BCUT2D eigenvalue weighted by atomic mass is 32.1. The maximum Gasteiger partial charge on any atom is 0.249 e. The molecule has 3 heteroatoms. The van der Waals surface area contributed by atoms with Crippen molar-refractivity contribution in [3.63, 3.8) is 0 Å². The predicted molar refractivity (Wildman–Crippen MR) is 63.8 cm³/mol. The van der Waals surface area contributed by atoms with E-state index < -0.39 is 0 Å². The van der Waals surface area contributed by atoms with E-state index in [9.17, 15) is 4.79 Å². The molecule has 2 nitrogen and oxygen atoms in total. The molecule has 1 aromatic rings. The molecule has 2 rings (SSSR count). The van der Waals surface area contributed by atoms with Crippen LogP contribution in [0.15, 0.2) is 23.1 Å². The van der Waals surface area contributed by atoms with Crippen LogP contribution in [0, 0.1) is 0 Å². The van der Waals surface area contributed by atoms with E-state index in [2.05, 4.69) is 0 Å². The highest BCUT2D eigenvalue weighted by Gasteiger charge is 2.18. The summed E-state index contributed by atoms with van der Waals surface area (Å²) in [6.07, 6.45) is 4.28. The quantitative estimate of drug-likeness (QED) is 0.703. The lowest BCUT2D eigenvalue weighted by atomic mass is 10.2. The summed E-state index contributed by atoms with van der Waals surface area (Å²) in [6, 6.07) is 4.04. The third kappa shape index (κ3) is 2.48. The lowest BCUT2D eigenvalue weighted by Gasteiger charge is -2.15. The number of rotatable bonds is 2. The highest BCUT2D eigenvalue weighted by Crippen LogP contribution is 2.16. The van der Waals surface area contributed by atoms with Gasteiger partial charge in [-0.2, -0.15) is 0 Å². The van der Waals surface area contributed by atoms with Crippen molar-refractivity contribution in [1.82, 2.24) is 4.90 Å². The number of carbonyl (C=O) groups is 1.